The number of nitrogens with one attached hydrogen (secondary N) is 1. The van der Waals surface area contributed by atoms with Crippen LogP contribution < -0.4 is 10.2 Å². The van der Waals surface area contributed by atoms with Crippen LogP contribution in [-0.2, 0) is 4.74 Å². The fourth-order valence-electron chi connectivity index (χ4n) is 2.46. The molecule has 1 heterocycles. The van der Waals surface area contributed by atoms with Gasteiger partial charge in [-0.1, -0.05) is 13.8 Å². The second-order valence-corrected chi connectivity index (χ2v) is 4.86. The fraction of sp³-hybridized carbons (Fsp3) is 0.733. The topological polar surface area (TPSA) is 50.3 Å². The first-order valence-electron chi connectivity index (χ1n) is 7.50. The Kier molecular flexibility index (Phi) is 7.30. The van der Waals surface area contributed by atoms with Crippen molar-refractivity contribution in [3.8, 4) is 0 Å². The number of methoxy groups -OCH3 is 1. The second-order valence-electron chi connectivity index (χ2n) is 4.86. The number of hydrogen-bond donors (Lipinski definition) is 1. The number of hydrogen-bond acceptors (Lipinski definition) is 5. The highest BCUT2D eigenvalue weighted by molar-refractivity contribution is 5.58. The minimum atomic E-state index is 0.480. The Morgan fingerprint density at radius 3 is 2.50 bits per heavy atom. The maximum absolute atomic E-state index is 5.25. The van der Waals surface area contributed by atoms with Gasteiger partial charge in [0, 0.05) is 31.8 Å². The van der Waals surface area contributed by atoms with E-state index >= 15 is 0 Å². The third-order valence-corrected chi connectivity index (χ3v) is 3.59. The van der Waals surface area contributed by atoms with Crippen molar-refractivity contribution in [3.63, 3.8) is 0 Å². The molecule has 0 bridgehead atoms. The summed E-state index contributed by atoms with van der Waals surface area (Å²) < 4.78 is 5.25. The van der Waals surface area contributed by atoms with Crippen LogP contribution in [0.3, 0.4) is 0 Å². The second kappa shape index (κ2) is 8.74. The van der Waals surface area contributed by atoms with Gasteiger partial charge in [-0.3, -0.25) is 0 Å². The van der Waals surface area contributed by atoms with Gasteiger partial charge in [-0.25, -0.2) is 9.97 Å². The molecule has 0 radical (unpaired) electrons. The lowest BCUT2D eigenvalue weighted by Gasteiger charge is -2.32. The lowest BCUT2D eigenvalue weighted by atomic mass is 10.1. The first-order valence-corrected chi connectivity index (χ1v) is 7.50. The molecule has 0 amide bonds. The molecule has 0 spiro atoms. The lowest BCUT2D eigenvalue weighted by Crippen LogP contribution is -2.38. The summed E-state index contributed by atoms with van der Waals surface area (Å²) in [7, 11) is 1.74. The van der Waals surface area contributed by atoms with Crippen LogP contribution in [0.25, 0.3) is 0 Å². The highest BCUT2D eigenvalue weighted by Crippen LogP contribution is 2.25. The van der Waals surface area contributed by atoms with Gasteiger partial charge in [0.05, 0.1) is 6.61 Å². The average Bonchev–Trinajstić information content (AvgIpc) is 2.46. The van der Waals surface area contributed by atoms with Crippen LogP contribution in [0.1, 0.15) is 39.2 Å². The molecule has 114 valence electrons. The zero-order chi connectivity index (χ0) is 15.0. The molecule has 0 aliphatic rings. The first-order chi connectivity index (χ1) is 9.69. The average molecular weight is 280 g/mol. The summed E-state index contributed by atoms with van der Waals surface area (Å²) in [5.74, 6) is 1.94. The molecule has 1 aromatic heterocycles. The predicted molar refractivity (Wildman–Crippen MR) is 84.5 cm³/mol. The van der Waals surface area contributed by atoms with E-state index in [1.807, 2.05) is 0 Å². The molecule has 0 fully saturated rings. The van der Waals surface area contributed by atoms with Crippen molar-refractivity contribution in [3.05, 3.63) is 11.9 Å². The molecule has 0 atom stereocenters. The van der Waals surface area contributed by atoms with Crippen molar-refractivity contribution < 1.29 is 4.74 Å². The molecule has 1 aromatic rings. The molecule has 20 heavy (non-hydrogen) atoms. The predicted octanol–water partition coefficient (Wildman–Crippen LogP) is 2.86. The Balaban J connectivity index is 3.08. The molecule has 0 saturated carbocycles. The highest BCUT2D eigenvalue weighted by Gasteiger charge is 2.20. The summed E-state index contributed by atoms with van der Waals surface area (Å²) in [5.41, 5.74) is 1.11. The lowest BCUT2D eigenvalue weighted by molar-refractivity contribution is 0.202. The van der Waals surface area contributed by atoms with Gasteiger partial charge in [0.1, 0.15) is 18.0 Å². The summed E-state index contributed by atoms with van der Waals surface area (Å²) in [6, 6.07) is 0.480. The maximum Gasteiger partial charge on any atom is 0.137 e. The van der Waals surface area contributed by atoms with Gasteiger partial charge in [0.2, 0.25) is 0 Å². The van der Waals surface area contributed by atoms with Gasteiger partial charge in [0.15, 0.2) is 0 Å². The van der Waals surface area contributed by atoms with E-state index in [1.54, 1.807) is 13.4 Å². The monoisotopic (exact) mass is 280 g/mol. The molecule has 1 rings (SSSR count). The van der Waals surface area contributed by atoms with Crippen LogP contribution in [-0.4, -0.2) is 42.8 Å². The van der Waals surface area contributed by atoms with E-state index < -0.39 is 0 Å². The van der Waals surface area contributed by atoms with Crippen LogP contribution in [0.5, 0.6) is 0 Å². The summed E-state index contributed by atoms with van der Waals surface area (Å²) >= 11 is 0. The molecule has 0 aromatic carbocycles. The fourth-order valence-corrected chi connectivity index (χ4v) is 2.46. The SMILES string of the molecule is CCNc1ncnc(N(CCOC)C(CC)CC)c1C. The Morgan fingerprint density at radius 1 is 1.25 bits per heavy atom. The third kappa shape index (κ3) is 4.07. The molecule has 0 unspecified atom stereocenters. The molecule has 5 heteroatoms. The number of rotatable bonds is 9. The van der Waals surface area contributed by atoms with Crippen molar-refractivity contribution in [1.82, 2.24) is 9.97 Å². The van der Waals surface area contributed by atoms with E-state index in [4.69, 9.17) is 4.74 Å². The van der Waals surface area contributed by atoms with Gasteiger partial charge < -0.3 is 15.0 Å². The zero-order valence-electron chi connectivity index (χ0n) is 13.4. The van der Waals surface area contributed by atoms with Gasteiger partial charge in [-0.2, -0.15) is 0 Å². The number of anilines is 2. The van der Waals surface area contributed by atoms with Crippen molar-refractivity contribution in [2.45, 2.75) is 46.6 Å². The minimum absolute atomic E-state index is 0.480. The third-order valence-electron chi connectivity index (χ3n) is 3.59. The summed E-state index contributed by atoms with van der Waals surface area (Å²) in [6.07, 6.45) is 3.84. The van der Waals surface area contributed by atoms with Gasteiger partial charge in [-0.15, -0.1) is 0 Å². The highest BCUT2D eigenvalue weighted by atomic mass is 16.5. The van der Waals surface area contributed by atoms with Crippen LogP contribution >= 0.6 is 0 Å². The Morgan fingerprint density at radius 2 is 1.95 bits per heavy atom. The minimum Gasteiger partial charge on any atom is -0.383 e. The number of nitrogens with zero attached hydrogens (tertiary/aromatic N) is 3. The standard InChI is InChI=1S/C15H28N4O/c1-6-13(7-2)19(9-10-20-5)15-12(4)14(16-8-3)17-11-18-15/h11,13H,6-10H2,1-5H3,(H,16,17,18). The van der Waals surface area contributed by atoms with Crippen LogP contribution in [0.15, 0.2) is 6.33 Å². The van der Waals surface area contributed by atoms with E-state index in [1.165, 1.54) is 0 Å². The summed E-state index contributed by atoms with van der Waals surface area (Å²) in [5, 5.41) is 3.29. The smallest absolute Gasteiger partial charge is 0.137 e. The van der Waals surface area contributed by atoms with Gasteiger partial charge >= 0.3 is 0 Å². The van der Waals surface area contributed by atoms with E-state index in [9.17, 15) is 0 Å². The van der Waals surface area contributed by atoms with Crippen molar-refractivity contribution >= 4 is 11.6 Å². The van der Waals surface area contributed by atoms with Crippen molar-refractivity contribution in [1.29, 1.82) is 0 Å². The van der Waals surface area contributed by atoms with E-state index in [2.05, 4.69) is 47.9 Å². The van der Waals surface area contributed by atoms with E-state index in [-0.39, 0.29) is 0 Å². The van der Waals surface area contributed by atoms with E-state index in [0.717, 1.165) is 43.1 Å². The molecular formula is C15H28N4O. The molecule has 1 N–H and O–H groups in total. The van der Waals surface area contributed by atoms with Crippen LogP contribution in [0, 0.1) is 6.92 Å². The summed E-state index contributed by atoms with van der Waals surface area (Å²) in [4.78, 5) is 11.2. The number of ether oxygens (including phenoxy) is 1. The molecular weight excluding hydrogens is 252 g/mol. The van der Waals surface area contributed by atoms with Crippen molar-refractivity contribution in [2.24, 2.45) is 0 Å². The quantitative estimate of drug-likeness (QED) is 0.754. The largest absolute Gasteiger partial charge is 0.383 e. The first kappa shape index (κ1) is 16.7. The molecule has 0 saturated heterocycles. The summed E-state index contributed by atoms with van der Waals surface area (Å²) in [6.45, 7) is 11.0. The van der Waals surface area contributed by atoms with Crippen LogP contribution in [0.4, 0.5) is 11.6 Å². The normalized spacial score (nSPS) is 10.9. The van der Waals surface area contributed by atoms with E-state index in [0.29, 0.717) is 12.6 Å². The zero-order valence-corrected chi connectivity index (χ0v) is 13.4. The van der Waals surface area contributed by atoms with Crippen LogP contribution in [0.2, 0.25) is 0 Å². The Bertz CT molecular complexity index is 393. The number of aromatic nitrogens is 2. The molecule has 0 aliphatic carbocycles. The maximum atomic E-state index is 5.25. The molecule has 5 nitrogen and oxygen atoms in total. The molecule has 0 aliphatic heterocycles. The Hall–Kier alpha value is -1.36. The van der Waals surface area contributed by atoms with Gasteiger partial charge in [0.25, 0.3) is 0 Å². The van der Waals surface area contributed by atoms with Gasteiger partial charge in [-0.05, 0) is 26.7 Å². The Labute approximate surface area is 122 Å². The van der Waals surface area contributed by atoms with Crippen molar-refractivity contribution in [2.75, 3.05) is 37.0 Å².